The van der Waals surface area contributed by atoms with E-state index < -0.39 is 5.97 Å². The Balaban J connectivity index is 1.55. The smallest absolute Gasteiger partial charge is 0.360 e. The van der Waals surface area contributed by atoms with Gasteiger partial charge in [0.2, 0.25) is 0 Å². The van der Waals surface area contributed by atoms with Crippen LogP contribution in [-0.2, 0) is 4.74 Å². The molecule has 2 heterocycles. The summed E-state index contributed by atoms with van der Waals surface area (Å²) >= 11 is 1.46. The van der Waals surface area contributed by atoms with Crippen molar-refractivity contribution in [3.63, 3.8) is 0 Å². The molecule has 1 aliphatic heterocycles. The minimum absolute atomic E-state index is 0.298. The van der Waals surface area contributed by atoms with E-state index in [1.165, 1.54) is 11.3 Å². The third-order valence-corrected chi connectivity index (χ3v) is 5.98. The van der Waals surface area contributed by atoms with E-state index in [0.717, 1.165) is 39.3 Å². The summed E-state index contributed by atoms with van der Waals surface area (Å²) < 4.78 is 16.7. The van der Waals surface area contributed by atoms with Gasteiger partial charge in [-0.2, -0.15) is 0 Å². The number of ether oxygens (including phenoxy) is 3. The fourth-order valence-corrected chi connectivity index (χ4v) is 4.26. The molecule has 0 atom stereocenters. The maximum Gasteiger partial charge on any atom is 0.360 e. The standard InChI is InChI=1S/C23H25N3O4S/c1-3-28-23(27)20-22(26(2)12-14-29-17-7-5-4-6-8-17)31-21(25-20)16-9-10-19-18(15-16)24-11-13-30-19/h4-10,15,24H,3,11-14H2,1-2H3. The molecule has 162 valence electrons. The van der Waals surface area contributed by atoms with Crippen LogP contribution < -0.4 is 19.7 Å². The van der Waals surface area contributed by atoms with Crippen LogP contribution in [0.3, 0.4) is 0 Å². The summed E-state index contributed by atoms with van der Waals surface area (Å²) in [4.78, 5) is 19.2. The predicted molar refractivity (Wildman–Crippen MR) is 123 cm³/mol. The van der Waals surface area contributed by atoms with Gasteiger partial charge < -0.3 is 24.4 Å². The second-order valence-corrected chi connectivity index (χ2v) is 7.94. The number of carbonyl (C=O) groups is 1. The lowest BCUT2D eigenvalue weighted by Crippen LogP contribution is -2.25. The van der Waals surface area contributed by atoms with Gasteiger partial charge in [0, 0.05) is 19.2 Å². The van der Waals surface area contributed by atoms with Gasteiger partial charge in [-0.1, -0.05) is 29.5 Å². The number of thiazole rings is 1. The van der Waals surface area contributed by atoms with Gasteiger partial charge in [-0.25, -0.2) is 9.78 Å². The van der Waals surface area contributed by atoms with Crippen molar-refractivity contribution in [2.45, 2.75) is 6.92 Å². The molecular weight excluding hydrogens is 414 g/mol. The minimum Gasteiger partial charge on any atom is -0.492 e. The van der Waals surface area contributed by atoms with Gasteiger partial charge in [-0.15, -0.1) is 0 Å². The quantitative estimate of drug-likeness (QED) is 0.525. The van der Waals surface area contributed by atoms with Crippen molar-refractivity contribution in [1.82, 2.24) is 4.98 Å². The van der Waals surface area contributed by atoms with Crippen LogP contribution in [0.4, 0.5) is 10.7 Å². The molecule has 1 aromatic heterocycles. The zero-order valence-electron chi connectivity index (χ0n) is 17.6. The molecule has 0 radical (unpaired) electrons. The zero-order chi connectivity index (χ0) is 21.6. The largest absolute Gasteiger partial charge is 0.492 e. The Morgan fingerprint density at radius 1 is 1.26 bits per heavy atom. The first-order valence-electron chi connectivity index (χ1n) is 10.2. The average molecular weight is 440 g/mol. The van der Waals surface area contributed by atoms with E-state index in [-0.39, 0.29) is 0 Å². The van der Waals surface area contributed by atoms with E-state index >= 15 is 0 Å². The van der Waals surface area contributed by atoms with Crippen molar-refractivity contribution < 1.29 is 19.0 Å². The molecule has 2 aromatic carbocycles. The molecule has 1 aliphatic rings. The minimum atomic E-state index is -0.421. The van der Waals surface area contributed by atoms with E-state index in [1.807, 2.05) is 60.5 Å². The Morgan fingerprint density at radius 3 is 2.90 bits per heavy atom. The summed E-state index contributed by atoms with van der Waals surface area (Å²) in [5, 5.41) is 4.85. The Morgan fingerprint density at radius 2 is 2.10 bits per heavy atom. The molecule has 4 rings (SSSR count). The average Bonchev–Trinajstić information content (AvgIpc) is 3.25. The highest BCUT2D eigenvalue weighted by Crippen LogP contribution is 2.38. The van der Waals surface area contributed by atoms with E-state index in [9.17, 15) is 4.79 Å². The first-order valence-corrected chi connectivity index (χ1v) is 11.1. The van der Waals surface area contributed by atoms with Crippen molar-refractivity contribution in [2.24, 2.45) is 0 Å². The number of aromatic nitrogens is 1. The second-order valence-electron chi connectivity index (χ2n) is 6.96. The molecule has 0 fully saturated rings. The number of anilines is 2. The van der Waals surface area contributed by atoms with Crippen molar-refractivity contribution in [2.75, 3.05) is 50.2 Å². The van der Waals surface area contributed by atoms with Crippen molar-refractivity contribution in [3.05, 3.63) is 54.2 Å². The molecule has 8 heteroatoms. The number of fused-ring (bicyclic) bond motifs is 1. The molecular formula is C23H25N3O4S. The summed E-state index contributed by atoms with van der Waals surface area (Å²) in [7, 11) is 1.93. The van der Waals surface area contributed by atoms with Gasteiger partial charge in [0.1, 0.15) is 34.7 Å². The number of nitrogens with zero attached hydrogens (tertiary/aromatic N) is 2. The molecule has 3 aromatic rings. The first-order chi connectivity index (χ1) is 15.2. The Hall–Kier alpha value is -3.26. The third kappa shape index (κ3) is 4.91. The third-order valence-electron chi connectivity index (χ3n) is 4.76. The maximum absolute atomic E-state index is 12.6. The molecule has 31 heavy (non-hydrogen) atoms. The maximum atomic E-state index is 12.6. The van der Waals surface area contributed by atoms with Gasteiger partial charge in [0.15, 0.2) is 5.69 Å². The summed E-state index contributed by atoms with van der Waals surface area (Å²) in [5.74, 6) is 1.22. The number of hydrogen-bond donors (Lipinski definition) is 1. The molecule has 0 unspecified atom stereocenters. The summed E-state index contributed by atoms with van der Waals surface area (Å²) in [6.45, 7) is 4.58. The first kappa shape index (κ1) is 21.0. The number of rotatable bonds is 8. The predicted octanol–water partition coefficient (Wildman–Crippen LogP) is 4.31. The number of esters is 1. The zero-order valence-corrected chi connectivity index (χ0v) is 18.4. The van der Waals surface area contributed by atoms with Crippen LogP contribution in [0.25, 0.3) is 10.6 Å². The number of para-hydroxylation sites is 1. The van der Waals surface area contributed by atoms with E-state index in [1.54, 1.807) is 6.92 Å². The van der Waals surface area contributed by atoms with Crippen LogP contribution in [0.5, 0.6) is 11.5 Å². The monoisotopic (exact) mass is 439 g/mol. The fraction of sp³-hybridized carbons (Fsp3) is 0.304. The lowest BCUT2D eigenvalue weighted by Gasteiger charge is -2.19. The van der Waals surface area contributed by atoms with Gasteiger partial charge >= 0.3 is 5.97 Å². The van der Waals surface area contributed by atoms with Crippen LogP contribution in [-0.4, -0.2) is 50.9 Å². The Labute approximate surface area is 185 Å². The van der Waals surface area contributed by atoms with E-state index in [2.05, 4.69) is 10.3 Å². The van der Waals surface area contributed by atoms with Gasteiger partial charge in [0.25, 0.3) is 0 Å². The highest BCUT2D eigenvalue weighted by atomic mass is 32.1. The summed E-state index contributed by atoms with van der Waals surface area (Å²) in [6, 6.07) is 15.6. The topological polar surface area (TPSA) is 72.9 Å². The fourth-order valence-electron chi connectivity index (χ4n) is 3.22. The summed E-state index contributed by atoms with van der Waals surface area (Å²) in [6.07, 6.45) is 0. The second kappa shape index (κ2) is 9.70. The van der Waals surface area contributed by atoms with Gasteiger partial charge in [-0.05, 0) is 37.3 Å². The van der Waals surface area contributed by atoms with Crippen LogP contribution in [0.15, 0.2) is 48.5 Å². The Bertz CT molecular complexity index is 1040. The van der Waals surface area contributed by atoms with Crippen molar-refractivity contribution in [1.29, 1.82) is 0 Å². The van der Waals surface area contributed by atoms with Crippen LogP contribution in [0, 0.1) is 0 Å². The SMILES string of the molecule is CCOC(=O)c1nc(-c2ccc3c(c2)NCCO3)sc1N(C)CCOc1ccccc1. The number of hydrogen-bond acceptors (Lipinski definition) is 8. The molecule has 0 saturated heterocycles. The van der Waals surface area contributed by atoms with Gasteiger partial charge in [0.05, 0.1) is 18.8 Å². The normalized spacial score (nSPS) is 12.3. The molecule has 0 saturated carbocycles. The Kier molecular flexibility index (Phi) is 6.57. The number of benzene rings is 2. The molecule has 0 spiro atoms. The van der Waals surface area contributed by atoms with Crippen LogP contribution in [0.2, 0.25) is 0 Å². The molecule has 0 aliphatic carbocycles. The number of carbonyl (C=O) groups excluding carboxylic acids is 1. The lowest BCUT2D eigenvalue weighted by atomic mass is 10.2. The van der Waals surface area contributed by atoms with Crippen LogP contribution in [0.1, 0.15) is 17.4 Å². The molecule has 0 bridgehead atoms. The number of likely N-dealkylation sites (N-methyl/N-ethyl adjacent to an activating group) is 1. The summed E-state index contributed by atoms with van der Waals surface area (Å²) in [5.41, 5.74) is 2.18. The molecule has 1 N–H and O–H groups in total. The van der Waals surface area contributed by atoms with Gasteiger partial charge in [-0.3, -0.25) is 0 Å². The number of nitrogens with one attached hydrogen (secondary N) is 1. The van der Waals surface area contributed by atoms with E-state index in [4.69, 9.17) is 14.2 Å². The lowest BCUT2D eigenvalue weighted by molar-refractivity contribution is 0.0521. The van der Waals surface area contributed by atoms with Crippen LogP contribution >= 0.6 is 11.3 Å². The van der Waals surface area contributed by atoms with Crippen molar-refractivity contribution >= 4 is 28.0 Å². The molecule has 7 nitrogen and oxygen atoms in total. The highest BCUT2D eigenvalue weighted by molar-refractivity contribution is 7.19. The van der Waals surface area contributed by atoms with Crippen molar-refractivity contribution in [3.8, 4) is 22.1 Å². The van der Waals surface area contributed by atoms with E-state index in [0.29, 0.717) is 32.1 Å². The highest BCUT2D eigenvalue weighted by Gasteiger charge is 2.23. The molecule has 0 amide bonds.